The number of nitrogen functional groups attached to an aromatic ring is 1. The molecule has 0 amide bonds. The van der Waals surface area contributed by atoms with E-state index < -0.39 is 0 Å². The van der Waals surface area contributed by atoms with Crippen molar-refractivity contribution in [3.05, 3.63) is 52.5 Å². The molecule has 0 saturated heterocycles. The minimum absolute atomic E-state index is 0.574. The highest BCUT2D eigenvalue weighted by molar-refractivity contribution is 9.10. The Morgan fingerprint density at radius 3 is 2.47 bits per heavy atom. The van der Waals surface area contributed by atoms with Crippen LogP contribution in [-0.4, -0.2) is 0 Å². The smallest absolute Gasteiger partial charge is 0.151 e. The van der Waals surface area contributed by atoms with E-state index in [1.807, 2.05) is 30.3 Å². The first-order valence-corrected chi connectivity index (χ1v) is 7.22. The Kier molecular flexibility index (Phi) is 4.48. The summed E-state index contributed by atoms with van der Waals surface area (Å²) in [4.78, 5) is 0. The Labute approximate surface area is 122 Å². The lowest BCUT2D eigenvalue weighted by Crippen LogP contribution is -1.93. The molecule has 2 aromatic carbocycles. The minimum atomic E-state index is 0.574. The van der Waals surface area contributed by atoms with Crippen LogP contribution in [0, 0.1) is 0 Å². The van der Waals surface area contributed by atoms with Crippen molar-refractivity contribution >= 4 is 21.6 Å². The fourth-order valence-electron chi connectivity index (χ4n) is 1.82. The molecule has 2 rings (SSSR count). The van der Waals surface area contributed by atoms with Crippen molar-refractivity contribution in [2.24, 2.45) is 0 Å². The Morgan fingerprint density at radius 1 is 1.16 bits per heavy atom. The van der Waals surface area contributed by atoms with E-state index in [9.17, 15) is 0 Å². The van der Waals surface area contributed by atoms with Gasteiger partial charge in [0.2, 0.25) is 0 Å². The molecule has 3 heteroatoms. The van der Waals surface area contributed by atoms with Gasteiger partial charge in [0.05, 0.1) is 5.69 Å². The third-order valence-corrected chi connectivity index (χ3v) is 3.76. The van der Waals surface area contributed by atoms with Gasteiger partial charge in [0.1, 0.15) is 5.75 Å². The van der Waals surface area contributed by atoms with Gasteiger partial charge in [0.25, 0.3) is 0 Å². The Balaban J connectivity index is 2.17. The Hall–Kier alpha value is -1.48. The van der Waals surface area contributed by atoms with Gasteiger partial charge in [-0.05, 0) is 48.2 Å². The molecule has 2 aromatic rings. The summed E-state index contributed by atoms with van der Waals surface area (Å²) in [6.07, 6.45) is 1.14. The van der Waals surface area contributed by atoms with Gasteiger partial charge in [-0.25, -0.2) is 0 Å². The zero-order valence-electron chi connectivity index (χ0n) is 11.2. The number of halogens is 1. The van der Waals surface area contributed by atoms with Crippen molar-refractivity contribution in [1.29, 1.82) is 0 Å². The molecule has 0 spiro atoms. The van der Waals surface area contributed by atoms with E-state index in [-0.39, 0.29) is 0 Å². The average Bonchev–Trinajstić information content (AvgIpc) is 2.43. The highest BCUT2D eigenvalue weighted by Gasteiger charge is 2.05. The van der Waals surface area contributed by atoms with Gasteiger partial charge in [-0.1, -0.05) is 41.9 Å². The molecule has 0 fully saturated rings. The number of ether oxygens (including phenoxy) is 1. The highest BCUT2D eigenvalue weighted by atomic mass is 79.9. The van der Waals surface area contributed by atoms with Crippen LogP contribution in [0.2, 0.25) is 0 Å². The SMILES string of the molecule is CCC(C)c1ccc(Oc2cc(Br)ccc2N)cc1. The van der Waals surface area contributed by atoms with Crippen molar-refractivity contribution in [1.82, 2.24) is 0 Å². The molecule has 1 atom stereocenters. The van der Waals surface area contributed by atoms with Crippen molar-refractivity contribution in [2.45, 2.75) is 26.2 Å². The van der Waals surface area contributed by atoms with E-state index >= 15 is 0 Å². The number of nitrogens with two attached hydrogens (primary N) is 1. The Morgan fingerprint density at radius 2 is 1.84 bits per heavy atom. The summed E-state index contributed by atoms with van der Waals surface area (Å²) in [5, 5.41) is 0. The van der Waals surface area contributed by atoms with Gasteiger partial charge in [-0.3, -0.25) is 0 Å². The second kappa shape index (κ2) is 6.11. The molecule has 100 valence electrons. The standard InChI is InChI=1S/C16H18BrNO/c1-3-11(2)12-4-7-14(8-5-12)19-16-10-13(17)6-9-15(16)18/h4-11H,3,18H2,1-2H3. The van der Waals surface area contributed by atoms with Crippen LogP contribution in [0.1, 0.15) is 31.7 Å². The molecule has 0 aliphatic carbocycles. The maximum Gasteiger partial charge on any atom is 0.151 e. The number of anilines is 1. The van der Waals surface area contributed by atoms with Crippen molar-refractivity contribution in [2.75, 3.05) is 5.73 Å². The molecule has 0 aliphatic rings. The second-order valence-electron chi connectivity index (χ2n) is 4.66. The molecule has 0 radical (unpaired) electrons. The fourth-order valence-corrected chi connectivity index (χ4v) is 2.16. The van der Waals surface area contributed by atoms with Crippen LogP contribution in [0.5, 0.6) is 11.5 Å². The summed E-state index contributed by atoms with van der Waals surface area (Å²) in [7, 11) is 0. The van der Waals surface area contributed by atoms with Crippen LogP contribution >= 0.6 is 15.9 Å². The zero-order chi connectivity index (χ0) is 13.8. The molecular weight excluding hydrogens is 302 g/mol. The molecule has 0 saturated carbocycles. The van der Waals surface area contributed by atoms with Gasteiger partial charge in [0.15, 0.2) is 5.75 Å². The zero-order valence-corrected chi connectivity index (χ0v) is 12.8. The minimum Gasteiger partial charge on any atom is -0.455 e. The number of benzene rings is 2. The van der Waals surface area contributed by atoms with Gasteiger partial charge < -0.3 is 10.5 Å². The van der Waals surface area contributed by atoms with Crippen molar-refractivity contribution in [3.8, 4) is 11.5 Å². The lowest BCUT2D eigenvalue weighted by Gasteiger charge is -2.12. The first-order chi connectivity index (χ1) is 9.10. The summed E-state index contributed by atoms with van der Waals surface area (Å²) >= 11 is 3.41. The number of hydrogen-bond donors (Lipinski definition) is 1. The molecule has 0 bridgehead atoms. The molecule has 2 nitrogen and oxygen atoms in total. The monoisotopic (exact) mass is 319 g/mol. The largest absolute Gasteiger partial charge is 0.455 e. The first-order valence-electron chi connectivity index (χ1n) is 6.43. The Bertz CT molecular complexity index is 551. The summed E-state index contributed by atoms with van der Waals surface area (Å²) in [6.45, 7) is 4.42. The molecule has 1 unspecified atom stereocenters. The predicted molar refractivity (Wildman–Crippen MR) is 83.8 cm³/mol. The van der Waals surface area contributed by atoms with E-state index in [0.29, 0.717) is 17.4 Å². The summed E-state index contributed by atoms with van der Waals surface area (Å²) < 4.78 is 6.76. The topological polar surface area (TPSA) is 35.2 Å². The quantitative estimate of drug-likeness (QED) is 0.772. The summed E-state index contributed by atoms with van der Waals surface area (Å²) in [5.74, 6) is 2.05. The van der Waals surface area contributed by atoms with E-state index in [0.717, 1.165) is 16.6 Å². The lowest BCUT2D eigenvalue weighted by molar-refractivity contribution is 0.484. The van der Waals surface area contributed by atoms with Crippen LogP contribution in [0.25, 0.3) is 0 Å². The molecule has 0 heterocycles. The van der Waals surface area contributed by atoms with Gasteiger partial charge >= 0.3 is 0 Å². The highest BCUT2D eigenvalue weighted by Crippen LogP contribution is 2.31. The van der Waals surface area contributed by atoms with Gasteiger partial charge in [0, 0.05) is 4.47 Å². The lowest BCUT2D eigenvalue weighted by atomic mass is 9.99. The molecule has 0 aliphatic heterocycles. The van der Waals surface area contributed by atoms with E-state index in [2.05, 4.69) is 41.9 Å². The van der Waals surface area contributed by atoms with Crippen LogP contribution in [0.4, 0.5) is 5.69 Å². The van der Waals surface area contributed by atoms with E-state index in [4.69, 9.17) is 10.5 Å². The number of rotatable bonds is 4. The van der Waals surface area contributed by atoms with Crippen molar-refractivity contribution < 1.29 is 4.74 Å². The maximum absolute atomic E-state index is 5.89. The molecule has 19 heavy (non-hydrogen) atoms. The first kappa shape index (κ1) is 13.9. The summed E-state index contributed by atoms with van der Waals surface area (Å²) in [5.41, 5.74) is 7.86. The third-order valence-electron chi connectivity index (χ3n) is 3.26. The normalized spacial score (nSPS) is 12.2. The van der Waals surface area contributed by atoms with Crippen molar-refractivity contribution in [3.63, 3.8) is 0 Å². The van der Waals surface area contributed by atoms with Crippen LogP contribution in [0.3, 0.4) is 0 Å². The molecule has 0 aromatic heterocycles. The third kappa shape index (κ3) is 3.51. The molecular formula is C16H18BrNO. The predicted octanol–water partition coefficient (Wildman–Crippen LogP) is 5.34. The van der Waals surface area contributed by atoms with Crippen LogP contribution in [0.15, 0.2) is 46.9 Å². The second-order valence-corrected chi connectivity index (χ2v) is 5.58. The fraction of sp³-hybridized carbons (Fsp3) is 0.250. The van der Waals surface area contributed by atoms with Crippen LogP contribution < -0.4 is 10.5 Å². The van der Waals surface area contributed by atoms with Gasteiger partial charge in [-0.15, -0.1) is 0 Å². The maximum atomic E-state index is 5.89. The van der Waals surface area contributed by atoms with E-state index in [1.165, 1.54) is 5.56 Å². The average molecular weight is 320 g/mol. The van der Waals surface area contributed by atoms with Gasteiger partial charge in [-0.2, -0.15) is 0 Å². The molecule has 2 N–H and O–H groups in total. The summed E-state index contributed by atoms with van der Waals surface area (Å²) in [6, 6.07) is 13.8. The number of hydrogen-bond acceptors (Lipinski definition) is 2. The van der Waals surface area contributed by atoms with E-state index in [1.54, 1.807) is 0 Å². The van der Waals surface area contributed by atoms with Crippen LogP contribution in [-0.2, 0) is 0 Å².